The molecule has 394 valence electrons. The van der Waals surface area contributed by atoms with E-state index >= 15 is 0 Å². The number of hydrogen-bond acceptors (Lipinski definition) is 10. The lowest BCUT2D eigenvalue weighted by Gasteiger charge is -2.41. The number of carbonyl (C=O) groups is 2. The van der Waals surface area contributed by atoms with Crippen LogP contribution in [0.3, 0.4) is 0 Å². The van der Waals surface area contributed by atoms with E-state index in [9.17, 15) is 35.1 Å². The molecule has 0 aromatic heterocycles. The number of carbonyl (C=O) groups excluding carboxylic acids is 2. The second kappa shape index (κ2) is 45.5. The van der Waals surface area contributed by atoms with Gasteiger partial charge in [-0.3, -0.25) is 9.59 Å². The molecular weight excluding hydrogens is 859 g/mol. The summed E-state index contributed by atoms with van der Waals surface area (Å²) in [4.78, 5) is 26.3. The molecule has 1 aliphatic heterocycles. The molecule has 8 atom stereocenters. The van der Waals surface area contributed by atoms with Gasteiger partial charge in [-0.25, -0.2) is 0 Å². The Balaban J connectivity index is 2.81. The second-order valence-corrected chi connectivity index (χ2v) is 19.0. The van der Waals surface area contributed by atoms with Gasteiger partial charge in [-0.15, -0.1) is 0 Å². The van der Waals surface area contributed by atoms with E-state index in [4.69, 9.17) is 14.2 Å². The van der Waals surface area contributed by atoms with E-state index in [0.717, 1.165) is 70.6 Å². The summed E-state index contributed by atoms with van der Waals surface area (Å²) in [6.45, 7) is 5.68. The Morgan fingerprint density at radius 3 is 1.62 bits per heavy atom. The number of esters is 1. The molecule has 1 heterocycles. The Morgan fingerprint density at radius 1 is 0.588 bits per heavy atom. The SMILES string of the molecule is CCCCC/C=C/C=C/CCCCCCCC(O)C(=O)NC(COC1OC(CO)C(O)C(O)C1OC(=O)CC/C=C/C/C=C\CCCCCCCC)C(O)/C=C/CCCCCCCCCCCC. The van der Waals surface area contributed by atoms with E-state index in [0.29, 0.717) is 12.8 Å². The lowest BCUT2D eigenvalue weighted by Crippen LogP contribution is -2.61. The number of hydrogen-bond donors (Lipinski definition) is 6. The molecule has 0 aliphatic carbocycles. The van der Waals surface area contributed by atoms with Gasteiger partial charge in [-0.1, -0.05) is 210 Å². The molecule has 1 rings (SSSR count). The van der Waals surface area contributed by atoms with E-state index in [1.807, 2.05) is 18.2 Å². The highest BCUT2D eigenvalue weighted by molar-refractivity contribution is 5.80. The van der Waals surface area contributed by atoms with E-state index in [2.05, 4.69) is 62.5 Å². The van der Waals surface area contributed by atoms with Crippen molar-refractivity contribution in [1.29, 1.82) is 0 Å². The maximum Gasteiger partial charge on any atom is 0.306 e. The predicted molar refractivity (Wildman–Crippen MR) is 278 cm³/mol. The zero-order valence-corrected chi connectivity index (χ0v) is 43.2. The summed E-state index contributed by atoms with van der Waals surface area (Å²) in [6, 6.07) is -1.04. The molecule has 0 radical (unpaired) electrons. The number of unbranched alkanes of at least 4 members (excludes halogenated alkanes) is 24. The molecule has 1 fully saturated rings. The first-order valence-electron chi connectivity index (χ1n) is 27.6. The Labute approximate surface area is 414 Å². The van der Waals surface area contributed by atoms with Gasteiger partial charge in [0, 0.05) is 6.42 Å². The summed E-state index contributed by atoms with van der Waals surface area (Å²) in [5, 5.41) is 56.6. The summed E-state index contributed by atoms with van der Waals surface area (Å²) in [7, 11) is 0. The van der Waals surface area contributed by atoms with Gasteiger partial charge in [0.2, 0.25) is 5.91 Å². The smallest absolute Gasteiger partial charge is 0.306 e. The van der Waals surface area contributed by atoms with Crippen LogP contribution in [-0.2, 0) is 23.8 Å². The van der Waals surface area contributed by atoms with Crippen LogP contribution in [0.4, 0.5) is 0 Å². The van der Waals surface area contributed by atoms with Crippen LogP contribution in [0.2, 0.25) is 0 Å². The van der Waals surface area contributed by atoms with Gasteiger partial charge in [0.1, 0.15) is 24.4 Å². The normalized spacial score (nSPS) is 20.4. The predicted octanol–water partition coefficient (Wildman–Crippen LogP) is 11.9. The summed E-state index contributed by atoms with van der Waals surface area (Å²) < 4.78 is 17.5. The van der Waals surface area contributed by atoms with Gasteiger partial charge in [0.05, 0.1) is 25.4 Å². The van der Waals surface area contributed by atoms with Crippen molar-refractivity contribution in [3.63, 3.8) is 0 Å². The number of aliphatic hydroxyl groups is 5. The molecule has 0 bridgehead atoms. The first kappa shape index (κ1) is 63.4. The zero-order chi connectivity index (χ0) is 49.7. The van der Waals surface area contributed by atoms with Crippen molar-refractivity contribution in [2.24, 2.45) is 0 Å². The van der Waals surface area contributed by atoms with Gasteiger partial charge in [0.25, 0.3) is 0 Å². The van der Waals surface area contributed by atoms with E-state index in [1.165, 1.54) is 109 Å². The van der Waals surface area contributed by atoms with Crippen LogP contribution in [0.25, 0.3) is 0 Å². The summed E-state index contributed by atoms with van der Waals surface area (Å²) in [5.41, 5.74) is 0. The number of nitrogens with one attached hydrogen (secondary N) is 1. The Kier molecular flexibility index (Phi) is 42.4. The van der Waals surface area contributed by atoms with Crippen LogP contribution in [0.5, 0.6) is 0 Å². The molecule has 11 heteroatoms. The monoisotopic (exact) mass is 960 g/mol. The second-order valence-electron chi connectivity index (χ2n) is 19.0. The first-order valence-corrected chi connectivity index (χ1v) is 27.6. The Bertz CT molecular complexity index is 1330. The average molecular weight is 960 g/mol. The van der Waals surface area contributed by atoms with E-state index in [-0.39, 0.29) is 19.4 Å². The average Bonchev–Trinajstić information content (AvgIpc) is 3.33. The van der Waals surface area contributed by atoms with Crippen molar-refractivity contribution in [1.82, 2.24) is 5.32 Å². The van der Waals surface area contributed by atoms with Crippen LogP contribution in [-0.4, -0.2) is 99.6 Å². The third-order valence-corrected chi connectivity index (χ3v) is 12.7. The Hall–Kier alpha value is -2.64. The number of allylic oxidation sites excluding steroid dienone is 9. The molecule has 1 amide bonds. The highest BCUT2D eigenvalue weighted by Crippen LogP contribution is 2.26. The lowest BCUT2D eigenvalue weighted by atomic mass is 9.99. The molecular formula is C57H101NO10. The maximum absolute atomic E-state index is 13.3. The van der Waals surface area contributed by atoms with Crippen molar-refractivity contribution < 1.29 is 49.3 Å². The fraction of sp³-hybridized carbons (Fsp3) is 0.789. The van der Waals surface area contributed by atoms with Crippen LogP contribution < -0.4 is 5.32 Å². The fourth-order valence-electron chi connectivity index (χ4n) is 8.22. The number of amides is 1. The topological polar surface area (TPSA) is 175 Å². The van der Waals surface area contributed by atoms with Gasteiger partial charge in [-0.2, -0.15) is 0 Å². The molecule has 8 unspecified atom stereocenters. The highest BCUT2D eigenvalue weighted by Gasteiger charge is 2.47. The number of rotatable bonds is 45. The summed E-state index contributed by atoms with van der Waals surface area (Å²) in [6.07, 6.45) is 44.2. The molecule has 1 aliphatic rings. The minimum Gasteiger partial charge on any atom is -0.454 e. The molecule has 6 N–H and O–H groups in total. The Morgan fingerprint density at radius 2 is 1.06 bits per heavy atom. The molecule has 0 aromatic rings. The highest BCUT2D eigenvalue weighted by atomic mass is 16.7. The van der Waals surface area contributed by atoms with Gasteiger partial charge >= 0.3 is 5.97 Å². The van der Waals surface area contributed by atoms with Crippen molar-refractivity contribution >= 4 is 11.9 Å². The fourth-order valence-corrected chi connectivity index (χ4v) is 8.22. The standard InChI is InChI=1S/C57H101NO10/c1-4-7-10-13-16-19-22-25-27-29-32-35-38-41-44-50(61)56(65)58-48(49(60)43-40-37-34-31-28-24-21-18-15-12-9-6-3)47-66-57-55(54(64)53(63)51(46-59)67-57)68-52(62)45-42-39-36-33-30-26-23-20-17-14-11-8-5-2/h16,19,22,25-26,30,36,39-40,43,48-51,53-55,57,59-61,63-64H,4-15,17-18,20-21,23-24,27-29,31-35,37-38,41-42,44-47H2,1-3H3,(H,58,65)/b19-16+,25-22+,30-26-,39-36+,43-40+. The van der Waals surface area contributed by atoms with E-state index in [1.54, 1.807) is 6.08 Å². The summed E-state index contributed by atoms with van der Waals surface area (Å²) in [5.74, 6) is -1.28. The van der Waals surface area contributed by atoms with Crippen LogP contribution in [0, 0.1) is 0 Å². The molecule has 0 spiro atoms. The zero-order valence-electron chi connectivity index (χ0n) is 43.2. The molecule has 0 aromatic carbocycles. The van der Waals surface area contributed by atoms with Gasteiger partial charge < -0.3 is 45.1 Å². The van der Waals surface area contributed by atoms with Gasteiger partial charge in [0.15, 0.2) is 12.4 Å². The maximum atomic E-state index is 13.3. The van der Waals surface area contributed by atoms with Crippen LogP contribution in [0.1, 0.15) is 226 Å². The van der Waals surface area contributed by atoms with Crippen molar-refractivity contribution in [2.45, 2.75) is 275 Å². The quantitative estimate of drug-likeness (QED) is 0.0149. The summed E-state index contributed by atoms with van der Waals surface area (Å²) >= 11 is 0. The molecule has 11 nitrogen and oxygen atoms in total. The lowest BCUT2D eigenvalue weighted by molar-refractivity contribution is -0.305. The third kappa shape index (κ3) is 33.8. The van der Waals surface area contributed by atoms with Crippen molar-refractivity contribution in [3.05, 3.63) is 60.8 Å². The largest absolute Gasteiger partial charge is 0.454 e. The van der Waals surface area contributed by atoms with Gasteiger partial charge in [-0.05, 0) is 70.6 Å². The number of ether oxygens (including phenoxy) is 3. The van der Waals surface area contributed by atoms with Crippen LogP contribution in [0.15, 0.2) is 60.8 Å². The number of aliphatic hydroxyl groups excluding tert-OH is 5. The minimum absolute atomic E-state index is 0.0149. The first-order chi connectivity index (χ1) is 33.2. The van der Waals surface area contributed by atoms with E-state index < -0.39 is 67.4 Å². The van der Waals surface area contributed by atoms with Crippen molar-refractivity contribution in [2.75, 3.05) is 13.2 Å². The third-order valence-electron chi connectivity index (χ3n) is 12.7. The van der Waals surface area contributed by atoms with Crippen molar-refractivity contribution in [3.8, 4) is 0 Å². The molecule has 1 saturated heterocycles. The molecule has 68 heavy (non-hydrogen) atoms. The minimum atomic E-state index is -1.64. The molecule has 0 saturated carbocycles. The van der Waals surface area contributed by atoms with Crippen LogP contribution >= 0.6 is 0 Å².